The van der Waals surface area contributed by atoms with E-state index in [-0.39, 0.29) is 23.3 Å². The predicted molar refractivity (Wildman–Crippen MR) is 80.8 cm³/mol. The average molecular weight is 295 g/mol. The van der Waals surface area contributed by atoms with Crippen LogP contribution in [-0.4, -0.2) is 37.4 Å². The Morgan fingerprint density at radius 2 is 1.90 bits per heavy atom. The first kappa shape index (κ1) is 15.3. The van der Waals surface area contributed by atoms with Crippen molar-refractivity contribution in [3.8, 4) is 0 Å². The molecule has 1 spiro atoms. The Hall–Kier alpha value is -0.610. The van der Waals surface area contributed by atoms with Crippen molar-refractivity contribution in [2.45, 2.75) is 57.8 Å². The van der Waals surface area contributed by atoms with Crippen molar-refractivity contribution in [2.24, 2.45) is 16.7 Å². The Balaban J connectivity index is 1.58. The van der Waals surface area contributed by atoms with Gasteiger partial charge < -0.3 is 15.2 Å². The third kappa shape index (κ3) is 2.85. The summed E-state index contributed by atoms with van der Waals surface area (Å²) in [5.74, 6) is 0.863. The van der Waals surface area contributed by atoms with E-state index in [0.29, 0.717) is 12.3 Å². The molecule has 3 aliphatic rings. The molecule has 2 aliphatic carbocycles. The number of carbonyl (C=O) groups is 1. The maximum Gasteiger partial charge on any atom is 0.226 e. The molecular formula is C17H29NO3. The Morgan fingerprint density at radius 1 is 1.19 bits per heavy atom. The van der Waals surface area contributed by atoms with Crippen molar-refractivity contribution in [1.82, 2.24) is 5.32 Å². The van der Waals surface area contributed by atoms with Crippen LogP contribution in [0.15, 0.2) is 0 Å². The molecule has 3 fully saturated rings. The van der Waals surface area contributed by atoms with E-state index in [2.05, 4.69) is 5.32 Å². The Labute approximate surface area is 127 Å². The molecule has 0 aromatic carbocycles. The summed E-state index contributed by atoms with van der Waals surface area (Å²) in [5.41, 5.74) is -0.190. The Morgan fingerprint density at radius 3 is 2.57 bits per heavy atom. The minimum absolute atomic E-state index is 0.111. The first-order chi connectivity index (χ1) is 10.2. The number of carbonyl (C=O) groups excluding carboxylic acids is 1. The highest BCUT2D eigenvalue weighted by Crippen LogP contribution is 2.70. The predicted octanol–water partition coefficient (Wildman–Crippen LogP) is 2.25. The molecule has 0 bridgehead atoms. The molecule has 2 saturated carbocycles. The quantitative estimate of drug-likeness (QED) is 0.818. The number of aliphatic hydroxyl groups excluding tert-OH is 1. The molecule has 1 aliphatic heterocycles. The van der Waals surface area contributed by atoms with Crippen molar-refractivity contribution in [3.05, 3.63) is 0 Å². The highest BCUT2D eigenvalue weighted by atomic mass is 16.5. The monoisotopic (exact) mass is 295 g/mol. The zero-order valence-electron chi connectivity index (χ0n) is 13.0. The first-order valence-corrected chi connectivity index (χ1v) is 8.69. The summed E-state index contributed by atoms with van der Waals surface area (Å²) in [6.45, 7) is 2.48. The molecule has 0 radical (unpaired) electrons. The van der Waals surface area contributed by atoms with Gasteiger partial charge in [0.15, 0.2) is 0 Å². The fraction of sp³-hybridized carbons (Fsp3) is 0.941. The molecule has 2 N–H and O–H groups in total. The summed E-state index contributed by atoms with van der Waals surface area (Å²) in [7, 11) is 0. The molecule has 1 amide bonds. The SMILES string of the molecule is O=C(NCC1CCCCC1)[C@@]1(CCO)CC12CCOCC2. The number of hydrogen-bond donors (Lipinski definition) is 2. The number of hydrogen-bond acceptors (Lipinski definition) is 3. The third-order valence-corrected chi connectivity index (χ3v) is 6.23. The highest BCUT2D eigenvalue weighted by molar-refractivity contribution is 5.87. The fourth-order valence-corrected chi connectivity index (χ4v) is 4.73. The van der Waals surface area contributed by atoms with Crippen LogP contribution >= 0.6 is 0 Å². The number of ether oxygens (including phenoxy) is 1. The van der Waals surface area contributed by atoms with Gasteiger partial charge in [-0.3, -0.25) is 4.79 Å². The highest BCUT2D eigenvalue weighted by Gasteiger charge is 2.70. The standard InChI is InChI=1S/C17H29NO3/c19-9-6-17(13-16(17)7-10-21-11-8-16)15(20)18-12-14-4-2-1-3-5-14/h14,19H,1-13H2,(H,18,20)/t17-/m1/s1. The topological polar surface area (TPSA) is 58.6 Å². The van der Waals surface area contributed by atoms with Gasteiger partial charge in [-0.2, -0.15) is 0 Å². The van der Waals surface area contributed by atoms with E-state index in [9.17, 15) is 9.90 Å². The van der Waals surface area contributed by atoms with Crippen LogP contribution in [0.25, 0.3) is 0 Å². The third-order valence-electron chi connectivity index (χ3n) is 6.23. The van der Waals surface area contributed by atoms with Crippen LogP contribution in [-0.2, 0) is 9.53 Å². The van der Waals surface area contributed by atoms with Crippen molar-refractivity contribution in [1.29, 1.82) is 0 Å². The van der Waals surface area contributed by atoms with Crippen LogP contribution in [0.5, 0.6) is 0 Å². The second-order valence-electron chi connectivity index (χ2n) is 7.34. The van der Waals surface area contributed by atoms with Crippen molar-refractivity contribution < 1.29 is 14.6 Å². The summed E-state index contributed by atoms with van der Waals surface area (Å²) < 4.78 is 5.46. The van der Waals surface area contributed by atoms with E-state index in [1.54, 1.807) is 0 Å². The lowest BCUT2D eigenvalue weighted by atomic mass is 9.83. The summed E-state index contributed by atoms with van der Waals surface area (Å²) >= 11 is 0. The fourth-order valence-electron chi connectivity index (χ4n) is 4.73. The van der Waals surface area contributed by atoms with Crippen LogP contribution in [0.2, 0.25) is 0 Å². The summed E-state index contributed by atoms with van der Waals surface area (Å²) in [5, 5.41) is 12.6. The smallest absolute Gasteiger partial charge is 0.226 e. The van der Waals surface area contributed by atoms with Gasteiger partial charge in [-0.25, -0.2) is 0 Å². The molecule has 120 valence electrons. The number of amides is 1. The Kier molecular flexibility index (Phi) is 4.55. The average Bonchev–Trinajstić information content (AvgIpc) is 3.14. The van der Waals surface area contributed by atoms with Crippen LogP contribution in [0.1, 0.15) is 57.8 Å². The number of aliphatic hydroxyl groups is 1. The van der Waals surface area contributed by atoms with E-state index >= 15 is 0 Å². The van der Waals surface area contributed by atoms with Gasteiger partial charge in [-0.15, -0.1) is 0 Å². The van der Waals surface area contributed by atoms with Gasteiger partial charge in [0.25, 0.3) is 0 Å². The van der Waals surface area contributed by atoms with E-state index in [1.807, 2.05) is 0 Å². The minimum atomic E-state index is -0.305. The maximum absolute atomic E-state index is 12.8. The lowest BCUT2D eigenvalue weighted by molar-refractivity contribution is -0.129. The van der Waals surface area contributed by atoms with E-state index in [4.69, 9.17) is 4.74 Å². The van der Waals surface area contributed by atoms with Gasteiger partial charge in [0.1, 0.15) is 0 Å². The maximum atomic E-state index is 12.8. The molecule has 3 rings (SSSR count). The lowest BCUT2D eigenvalue weighted by Gasteiger charge is -2.29. The van der Waals surface area contributed by atoms with E-state index in [0.717, 1.165) is 39.0 Å². The molecule has 1 saturated heterocycles. The molecule has 4 heteroatoms. The van der Waals surface area contributed by atoms with E-state index in [1.165, 1.54) is 32.1 Å². The van der Waals surface area contributed by atoms with Crippen LogP contribution in [0.3, 0.4) is 0 Å². The molecule has 0 aromatic rings. The molecule has 21 heavy (non-hydrogen) atoms. The van der Waals surface area contributed by atoms with Crippen molar-refractivity contribution in [3.63, 3.8) is 0 Å². The number of nitrogens with one attached hydrogen (secondary N) is 1. The van der Waals surface area contributed by atoms with Crippen LogP contribution in [0, 0.1) is 16.7 Å². The molecule has 0 aromatic heterocycles. The normalized spacial score (nSPS) is 32.0. The van der Waals surface area contributed by atoms with Crippen molar-refractivity contribution in [2.75, 3.05) is 26.4 Å². The van der Waals surface area contributed by atoms with Crippen molar-refractivity contribution >= 4 is 5.91 Å². The van der Waals surface area contributed by atoms with Gasteiger partial charge in [-0.1, -0.05) is 19.3 Å². The second kappa shape index (κ2) is 6.25. The zero-order valence-corrected chi connectivity index (χ0v) is 13.0. The lowest BCUT2D eigenvalue weighted by Crippen LogP contribution is -2.40. The molecule has 1 atom stereocenters. The van der Waals surface area contributed by atoms with Gasteiger partial charge in [0.05, 0.1) is 5.41 Å². The molecular weight excluding hydrogens is 266 g/mol. The first-order valence-electron chi connectivity index (χ1n) is 8.69. The summed E-state index contributed by atoms with van der Waals surface area (Å²) in [6, 6.07) is 0. The zero-order chi connectivity index (χ0) is 14.8. The molecule has 4 nitrogen and oxygen atoms in total. The van der Waals surface area contributed by atoms with Gasteiger partial charge in [-0.05, 0) is 49.9 Å². The van der Waals surface area contributed by atoms with Crippen LogP contribution < -0.4 is 5.32 Å². The molecule has 1 heterocycles. The number of rotatable bonds is 5. The Bertz CT molecular complexity index is 372. The summed E-state index contributed by atoms with van der Waals surface area (Å²) in [4.78, 5) is 12.8. The van der Waals surface area contributed by atoms with E-state index < -0.39 is 0 Å². The van der Waals surface area contributed by atoms with Gasteiger partial charge in [0.2, 0.25) is 5.91 Å². The summed E-state index contributed by atoms with van der Waals surface area (Å²) in [6.07, 6.45) is 9.99. The molecule has 0 unspecified atom stereocenters. The minimum Gasteiger partial charge on any atom is -0.396 e. The van der Waals surface area contributed by atoms with Crippen LogP contribution in [0.4, 0.5) is 0 Å². The van der Waals surface area contributed by atoms with Gasteiger partial charge >= 0.3 is 0 Å². The van der Waals surface area contributed by atoms with Gasteiger partial charge in [0, 0.05) is 26.4 Å². The second-order valence-corrected chi connectivity index (χ2v) is 7.34. The largest absolute Gasteiger partial charge is 0.396 e.